The number of aromatic nitrogens is 2. The Bertz CT molecular complexity index is 1060. The van der Waals surface area contributed by atoms with E-state index in [0.29, 0.717) is 10.6 Å². The summed E-state index contributed by atoms with van der Waals surface area (Å²) in [4.78, 5) is 19.1. The molecule has 0 aliphatic carbocycles. The molecule has 1 saturated heterocycles. The van der Waals surface area contributed by atoms with Crippen molar-refractivity contribution < 1.29 is 9.53 Å². The fourth-order valence-electron chi connectivity index (χ4n) is 3.81. The molecule has 3 heterocycles. The molecule has 0 saturated carbocycles. The maximum Gasteiger partial charge on any atom is 0.251 e. The van der Waals surface area contributed by atoms with Crippen molar-refractivity contribution in [3.8, 4) is 11.3 Å². The number of benzene rings is 1. The lowest BCUT2D eigenvalue weighted by atomic mass is 10.0. The van der Waals surface area contributed by atoms with E-state index in [1.54, 1.807) is 19.2 Å². The second-order valence-electron chi connectivity index (χ2n) is 7.57. The molecule has 152 valence electrons. The highest BCUT2D eigenvalue weighted by molar-refractivity contribution is 6.33. The van der Waals surface area contributed by atoms with Crippen molar-refractivity contribution in [2.75, 3.05) is 33.8 Å². The highest BCUT2D eigenvalue weighted by Crippen LogP contribution is 2.33. The number of aryl methyl sites for hydroxylation is 1. The molecule has 0 spiro atoms. The Hall–Kier alpha value is -2.41. The van der Waals surface area contributed by atoms with E-state index in [9.17, 15) is 4.79 Å². The predicted molar refractivity (Wildman–Crippen MR) is 115 cm³/mol. The van der Waals surface area contributed by atoms with Gasteiger partial charge in [0.1, 0.15) is 5.65 Å². The Morgan fingerprint density at radius 1 is 1.34 bits per heavy atom. The molecule has 0 radical (unpaired) electrons. The van der Waals surface area contributed by atoms with E-state index in [4.69, 9.17) is 21.3 Å². The SMILES string of the molecule is CNC(=O)c1ccc(-c2nc3cc(C)ccn3c2CC2CN(C)CCO2)c(Cl)c1. The van der Waals surface area contributed by atoms with E-state index in [1.807, 2.05) is 6.07 Å². The van der Waals surface area contributed by atoms with Crippen molar-refractivity contribution in [2.45, 2.75) is 19.4 Å². The molecule has 1 aromatic carbocycles. The van der Waals surface area contributed by atoms with Crippen LogP contribution >= 0.6 is 11.6 Å². The number of carbonyl (C=O) groups excluding carboxylic acids is 1. The molecule has 7 heteroatoms. The van der Waals surface area contributed by atoms with Gasteiger partial charge >= 0.3 is 0 Å². The molecular weight excluding hydrogens is 388 g/mol. The standard InChI is InChI=1S/C22H25ClN4O2/c1-14-6-7-27-19(12-16-13-26(3)8-9-29-16)21(25-20(27)10-14)17-5-4-15(11-18(17)23)22(28)24-2/h4-7,10-11,16H,8-9,12-13H2,1-3H3,(H,24,28). The van der Waals surface area contributed by atoms with E-state index in [2.05, 4.69) is 46.9 Å². The second kappa shape index (κ2) is 8.14. The lowest BCUT2D eigenvalue weighted by Gasteiger charge is -2.30. The van der Waals surface area contributed by atoms with Gasteiger partial charge in [-0.25, -0.2) is 4.98 Å². The fraction of sp³-hybridized carbons (Fsp3) is 0.364. The molecule has 1 fully saturated rings. The number of hydrogen-bond donors (Lipinski definition) is 1. The summed E-state index contributed by atoms with van der Waals surface area (Å²) in [5.74, 6) is -0.164. The molecule has 2 aromatic heterocycles. The zero-order chi connectivity index (χ0) is 20.5. The lowest BCUT2D eigenvalue weighted by Crippen LogP contribution is -2.41. The van der Waals surface area contributed by atoms with Gasteiger partial charge in [-0.15, -0.1) is 0 Å². The summed E-state index contributed by atoms with van der Waals surface area (Å²) in [6, 6.07) is 9.49. The molecule has 0 bridgehead atoms. The number of likely N-dealkylation sites (N-methyl/N-ethyl adjacent to an activating group) is 1. The number of rotatable bonds is 4. The summed E-state index contributed by atoms with van der Waals surface area (Å²) in [7, 11) is 3.72. The van der Waals surface area contributed by atoms with Crippen molar-refractivity contribution in [2.24, 2.45) is 0 Å². The van der Waals surface area contributed by atoms with Gasteiger partial charge in [-0.1, -0.05) is 17.7 Å². The molecule has 1 N–H and O–H groups in total. The number of ether oxygens (including phenoxy) is 1. The number of carbonyl (C=O) groups is 1. The van der Waals surface area contributed by atoms with Gasteiger partial charge < -0.3 is 19.4 Å². The Kier molecular flexibility index (Phi) is 5.58. The van der Waals surface area contributed by atoms with Crippen molar-refractivity contribution in [3.63, 3.8) is 0 Å². The Balaban J connectivity index is 1.80. The van der Waals surface area contributed by atoms with Gasteiger partial charge in [-0.2, -0.15) is 0 Å². The number of amides is 1. The van der Waals surface area contributed by atoms with Gasteiger partial charge in [-0.05, 0) is 43.8 Å². The molecule has 1 amide bonds. The van der Waals surface area contributed by atoms with Crippen molar-refractivity contribution in [1.82, 2.24) is 19.6 Å². The largest absolute Gasteiger partial charge is 0.375 e. The number of imidazole rings is 1. The first-order valence-corrected chi connectivity index (χ1v) is 10.1. The van der Waals surface area contributed by atoms with Crippen LogP contribution in [-0.2, 0) is 11.2 Å². The van der Waals surface area contributed by atoms with E-state index in [0.717, 1.165) is 54.3 Å². The lowest BCUT2D eigenvalue weighted by molar-refractivity contribution is -0.0190. The number of nitrogens with one attached hydrogen (secondary N) is 1. The van der Waals surface area contributed by atoms with Gasteiger partial charge in [0.05, 0.1) is 29.1 Å². The Morgan fingerprint density at radius 2 is 2.17 bits per heavy atom. The Labute approximate surface area is 175 Å². The number of morpholine rings is 1. The quantitative estimate of drug-likeness (QED) is 0.715. The molecular formula is C22H25ClN4O2. The molecule has 1 atom stereocenters. The van der Waals surface area contributed by atoms with Crippen molar-refractivity contribution in [3.05, 3.63) is 58.4 Å². The summed E-state index contributed by atoms with van der Waals surface area (Å²) >= 11 is 6.59. The van der Waals surface area contributed by atoms with Gasteiger partial charge in [0, 0.05) is 43.9 Å². The van der Waals surface area contributed by atoms with Crippen LogP contribution in [0.3, 0.4) is 0 Å². The summed E-state index contributed by atoms with van der Waals surface area (Å²) in [5, 5.41) is 3.14. The number of pyridine rings is 1. The normalized spacial score (nSPS) is 17.6. The maximum atomic E-state index is 11.9. The minimum absolute atomic E-state index is 0.0950. The second-order valence-corrected chi connectivity index (χ2v) is 7.98. The average molecular weight is 413 g/mol. The molecule has 29 heavy (non-hydrogen) atoms. The first-order chi connectivity index (χ1) is 14.0. The molecule has 1 aliphatic heterocycles. The number of hydrogen-bond acceptors (Lipinski definition) is 4. The highest BCUT2D eigenvalue weighted by Gasteiger charge is 2.24. The van der Waals surface area contributed by atoms with Gasteiger partial charge in [-0.3, -0.25) is 4.79 Å². The van der Waals surface area contributed by atoms with Gasteiger partial charge in [0.2, 0.25) is 0 Å². The minimum Gasteiger partial charge on any atom is -0.375 e. The van der Waals surface area contributed by atoms with Crippen LogP contribution in [0.25, 0.3) is 16.9 Å². The molecule has 1 unspecified atom stereocenters. The van der Waals surface area contributed by atoms with Crippen LogP contribution in [0.4, 0.5) is 0 Å². The van der Waals surface area contributed by atoms with Crippen LogP contribution in [0.5, 0.6) is 0 Å². The van der Waals surface area contributed by atoms with Gasteiger partial charge in [0.25, 0.3) is 5.91 Å². The van der Waals surface area contributed by atoms with E-state index in [1.165, 1.54) is 0 Å². The summed E-state index contributed by atoms with van der Waals surface area (Å²) in [6.45, 7) is 4.61. The van der Waals surface area contributed by atoms with E-state index in [-0.39, 0.29) is 12.0 Å². The molecule has 3 aromatic rings. The van der Waals surface area contributed by atoms with Gasteiger partial charge in [0.15, 0.2) is 0 Å². The van der Waals surface area contributed by atoms with Crippen LogP contribution < -0.4 is 5.32 Å². The van der Waals surface area contributed by atoms with Crippen molar-refractivity contribution >= 4 is 23.2 Å². The number of fused-ring (bicyclic) bond motifs is 1. The maximum absolute atomic E-state index is 11.9. The van der Waals surface area contributed by atoms with Crippen LogP contribution in [-0.4, -0.2) is 60.1 Å². The van der Waals surface area contributed by atoms with E-state index < -0.39 is 0 Å². The molecule has 6 nitrogen and oxygen atoms in total. The first-order valence-electron chi connectivity index (χ1n) is 9.76. The minimum atomic E-state index is -0.164. The van der Waals surface area contributed by atoms with Crippen LogP contribution in [0.15, 0.2) is 36.5 Å². The van der Waals surface area contributed by atoms with Crippen LogP contribution in [0, 0.1) is 6.92 Å². The molecule has 4 rings (SSSR count). The third-order valence-corrected chi connectivity index (χ3v) is 5.67. The van der Waals surface area contributed by atoms with Crippen LogP contribution in [0.2, 0.25) is 5.02 Å². The number of nitrogens with zero attached hydrogens (tertiary/aromatic N) is 3. The topological polar surface area (TPSA) is 58.9 Å². The third-order valence-electron chi connectivity index (χ3n) is 5.36. The zero-order valence-electron chi connectivity index (χ0n) is 16.9. The van der Waals surface area contributed by atoms with Crippen LogP contribution in [0.1, 0.15) is 21.6 Å². The zero-order valence-corrected chi connectivity index (χ0v) is 17.7. The highest BCUT2D eigenvalue weighted by atomic mass is 35.5. The molecule has 1 aliphatic rings. The number of halogens is 1. The Morgan fingerprint density at radius 3 is 2.90 bits per heavy atom. The summed E-state index contributed by atoms with van der Waals surface area (Å²) in [6.07, 6.45) is 2.88. The average Bonchev–Trinajstić information content (AvgIpc) is 3.04. The first kappa shape index (κ1) is 19.9. The van der Waals surface area contributed by atoms with E-state index >= 15 is 0 Å². The fourth-order valence-corrected chi connectivity index (χ4v) is 4.08. The summed E-state index contributed by atoms with van der Waals surface area (Å²) in [5.41, 5.74) is 5.27. The third kappa shape index (κ3) is 4.01. The predicted octanol–water partition coefficient (Wildman–Crippen LogP) is 3.20. The smallest absolute Gasteiger partial charge is 0.251 e. The van der Waals surface area contributed by atoms with Crippen molar-refractivity contribution in [1.29, 1.82) is 0 Å². The summed E-state index contributed by atoms with van der Waals surface area (Å²) < 4.78 is 8.13. The monoisotopic (exact) mass is 412 g/mol.